The van der Waals surface area contributed by atoms with E-state index in [4.69, 9.17) is 15.4 Å². The lowest BCUT2D eigenvalue weighted by Crippen LogP contribution is -2.41. The first kappa shape index (κ1) is 16.7. The normalized spacial score (nSPS) is 32.4. The monoisotopic (exact) mass is 299 g/mol. The predicted molar refractivity (Wildman–Crippen MR) is 78.9 cm³/mol. The summed E-state index contributed by atoms with van der Waals surface area (Å²) in [7, 11) is 0. The van der Waals surface area contributed by atoms with Crippen molar-refractivity contribution in [1.82, 2.24) is 0 Å². The maximum absolute atomic E-state index is 11.4. The van der Waals surface area contributed by atoms with Crippen LogP contribution in [-0.4, -0.2) is 17.5 Å². The molecule has 1 atom stereocenters. The molecule has 0 radical (unpaired) electrons. The van der Waals surface area contributed by atoms with Gasteiger partial charge in [-0.05, 0) is 18.8 Å². The van der Waals surface area contributed by atoms with Crippen molar-refractivity contribution in [3.05, 3.63) is 0 Å². The number of carbonyl (C=O) groups excluding carboxylic acids is 1. The van der Waals surface area contributed by atoms with Crippen LogP contribution in [0, 0.1) is 5.92 Å². The SMILES string of the molecule is CC1CCCCC1.C[C@@]1(ON)OC2(CCCCC2)OC1=O. The van der Waals surface area contributed by atoms with Crippen LogP contribution in [0.25, 0.3) is 0 Å². The molecule has 3 aliphatic rings. The van der Waals surface area contributed by atoms with Gasteiger partial charge in [-0.15, -0.1) is 0 Å². The zero-order valence-corrected chi connectivity index (χ0v) is 13.4. The fourth-order valence-corrected chi connectivity index (χ4v) is 3.35. The zero-order chi connectivity index (χ0) is 15.3. The molecular weight excluding hydrogens is 270 g/mol. The molecule has 3 fully saturated rings. The van der Waals surface area contributed by atoms with Gasteiger partial charge in [0.2, 0.25) is 5.79 Å². The molecular formula is C16H29NO4. The Bertz CT molecular complexity index is 348. The molecule has 0 aromatic heterocycles. The Labute approximate surface area is 127 Å². The standard InChI is InChI=1S/C9H15NO4.C7H14/c1-8(14-10)7(11)12-9(13-8)5-3-2-4-6-9;1-7-5-3-2-4-6-7/h2-6,10H2,1H3;7H,2-6H2,1H3/t8-;/m0./s1. The van der Waals surface area contributed by atoms with Gasteiger partial charge in [-0.1, -0.05) is 45.4 Å². The van der Waals surface area contributed by atoms with E-state index in [1.165, 1.54) is 39.0 Å². The Morgan fingerprint density at radius 1 is 1.10 bits per heavy atom. The summed E-state index contributed by atoms with van der Waals surface area (Å²) in [5.74, 6) is 3.34. The van der Waals surface area contributed by atoms with Crippen LogP contribution in [0.1, 0.15) is 78.1 Å². The number of hydrogen-bond acceptors (Lipinski definition) is 5. The van der Waals surface area contributed by atoms with Crippen molar-refractivity contribution in [1.29, 1.82) is 0 Å². The fraction of sp³-hybridized carbons (Fsp3) is 0.938. The van der Waals surface area contributed by atoms with Crippen LogP contribution in [0.4, 0.5) is 0 Å². The molecule has 1 saturated heterocycles. The second-order valence-corrected chi connectivity index (χ2v) is 6.77. The molecule has 3 rings (SSSR count). The van der Waals surface area contributed by atoms with Crippen molar-refractivity contribution in [3.63, 3.8) is 0 Å². The Morgan fingerprint density at radius 2 is 1.67 bits per heavy atom. The minimum Gasteiger partial charge on any atom is -0.429 e. The van der Waals surface area contributed by atoms with E-state index in [2.05, 4.69) is 11.8 Å². The molecule has 5 heteroatoms. The van der Waals surface area contributed by atoms with E-state index < -0.39 is 17.5 Å². The topological polar surface area (TPSA) is 70.8 Å². The second kappa shape index (κ2) is 7.07. The third-order valence-corrected chi connectivity index (χ3v) is 4.76. The van der Waals surface area contributed by atoms with Crippen LogP contribution in [0.5, 0.6) is 0 Å². The van der Waals surface area contributed by atoms with Gasteiger partial charge >= 0.3 is 5.97 Å². The van der Waals surface area contributed by atoms with E-state index in [0.717, 1.165) is 38.0 Å². The van der Waals surface area contributed by atoms with Gasteiger partial charge in [-0.3, -0.25) is 9.57 Å². The lowest BCUT2D eigenvalue weighted by molar-refractivity contribution is -0.267. The van der Waals surface area contributed by atoms with Crippen molar-refractivity contribution in [2.75, 3.05) is 0 Å². The number of nitrogens with two attached hydrogens (primary N) is 1. The quantitative estimate of drug-likeness (QED) is 0.593. The van der Waals surface area contributed by atoms with Gasteiger partial charge in [0.1, 0.15) is 0 Å². The molecule has 5 nitrogen and oxygen atoms in total. The van der Waals surface area contributed by atoms with Gasteiger partial charge in [-0.2, -0.15) is 0 Å². The average molecular weight is 299 g/mol. The molecule has 2 saturated carbocycles. The van der Waals surface area contributed by atoms with Crippen molar-refractivity contribution in [2.45, 2.75) is 89.6 Å². The maximum atomic E-state index is 11.4. The summed E-state index contributed by atoms with van der Waals surface area (Å²) in [6.45, 7) is 3.85. The van der Waals surface area contributed by atoms with Gasteiger partial charge in [0, 0.05) is 19.8 Å². The zero-order valence-electron chi connectivity index (χ0n) is 13.4. The molecule has 0 amide bonds. The van der Waals surface area contributed by atoms with Gasteiger partial charge < -0.3 is 4.74 Å². The molecule has 0 aromatic carbocycles. The van der Waals surface area contributed by atoms with Crippen molar-refractivity contribution >= 4 is 5.97 Å². The van der Waals surface area contributed by atoms with Crippen molar-refractivity contribution in [3.8, 4) is 0 Å². The number of esters is 1. The molecule has 1 aliphatic heterocycles. The minimum atomic E-state index is -1.42. The van der Waals surface area contributed by atoms with Gasteiger partial charge in [0.25, 0.3) is 5.79 Å². The van der Waals surface area contributed by atoms with Crippen molar-refractivity contribution in [2.24, 2.45) is 11.8 Å². The first-order chi connectivity index (χ1) is 10.00. The molecule has 0 unspecified atom stereocenters. The minimum absolute atomic E-state index is 0.526. The van der Waals surface area contributed by atoms with Crippen LogP contribution < -0.4 is 5.90 Å². The lowest BCUT2D eigenvalue weighted by Gasteiger charge is -2.31. The molecule has 122 valence electrons. The van der Waals surface area contributed by atoms with Crippen molar-refractivity contribution < 1.29 is 19.1 Å². The molecule has 2 N–H and O–H groups in total. The highest BCUT2D eigenvalue weighted by Gasteiger charge is 2.56. The molecule has 21 heavy (non-hydrogen) atoms. The van der Waals surface area contributed by atoms with Gasteiger partial charge in [0.05, 0.1) is 0 Å². The maximum Gasteiger partial charge on any atom is 0.370 e. The fourth-order valence-electron chi connectivity index (χ4n) is 3.35. The summed E-state index contributed by atoms with van der Waals surface area (Å²) >= 11 is 0. The van der Waals surface area contributed by atoms with E-state index >= 15 is 0 Å². The van der Waals surface area contributed by atoms with E-state index in [-0.39, 0.29) is 0 Å². The van der Waals surface area contributed by atoms with Crippen LogP contribution in [0.15, 0.2) is 0 Å². The highest BCUT2D eigenvalue weighted by atomic mass is 16.9. The highest BCUT2D eigenvalue weighted by Crippen LogP contribution is 2.42. The number of hydrogen-bond donors (Lipinski definition) is 1. The Morgan fingerprint density at radius 3 is 2.10 bits per heavy atom. The summed E-state index contributed by atoms with van der Waals surface area (Å²) in [5, 5.41) is 0. The molecule has 1 heterocycles. The average Bonchev–Trinajstić information content (AvgIpc) is 2.72. The van der Waals surface area contributed by atoms with Crippen LogP contribution in [0.2, 0.25) is 0 Å². The summed E-state index contributed by atoms with van der Waals surface area (Å²) in [6.07, 6.45) is 12.1. The van der Waals surface area contributed by atoms with Crippen LogP contribution >= 0.6 is 0 Å². The second-order valence-electron chi connectivity index (χ2n) is 6.77. The van der Waals surface area contributed by atoms with E-state index in [0.29, 0.717) is 0 Å². The van der Waals surface area contributed by atoms with Crippen LogP contribution in [-0.2, 0) is 19.1 Å². The van der Waals surface area contributed by atoms with Gasteiger partial charge in [-0.25, -0.2) is 10.7 Å². The third kappa shape index (κ3) is 4.18. The Hall–Kier alpha value is -0.650. The molecule has 0 bridgehead atoms. The van der Waals surface area contributed by atoms with E-state index in [1.54, 1.807) is 0 Å². The molecule has 2 aliphatic carbocycles. The summed E-state index contributed by atoms with van der Waals surface area (Å²) in [4.78, 5) is 16.0. The summed E-state index contributed by atoms with van der Waals surface area (Å²) in [6, 6.07) is 0. The largest absolute Gasteiger partial charge is 0.429 e. The first-order valence-corrected chi connectivity index (χ1v) is 8.31. The van der Waals surface area contributed by atoms with Gasteiger partial charge in [0.15, 0.2) is 0 Å². The Balaban J connectivity index is 0.000000194. The number of carbonyl (C=O) groups is 1. The highest BCUT2D eigenvalue weighted by molar-refractivity contribution is 5.79. The lowest BCUT2D eigenvalue weighted by atomic mass is 9.91. The number of rotatable bonds is 1. The summed E-state index contributed by atoms with van der Waals surface area (Å²) < 4.78 is 10.7. The molecule has 0 aromatic rings. The Kier molecular flexibility index (Phi) is 5.63. The van der Waals surface area contributed by atoms with E-state index in [9.17, 15) is 4.79 Å². The predicted octanol–water partition coefficient (Wildman–Crippen LogP) is 3.41. The smallest absolute Gasteiger partial charge is 0.370 e. The number of ether oxygens (including phenoxy) is 2. The summed E-state index contributed by atoms with van der Waals surface area (Å²) in [5.41, 5.74) is 0. The molecule has 1 spiro atoms. The first-order valence-electron chi connectivity index (χ1n) is 8.31. The van der Waals surface area contributed by atoms with Crippen LogP contribution in [0.3, 0.4) is 0 Å². The van der Waals surface area contributed by atoms with E-state index in [1.807, 2.05) is 0 Å². The third-order valence-electron chi connectivity index (χ3n) is 4.76.